The number of carboxylic acid groups (broad SMARTS) is 1. The second kappa shape index (κ2) is 6.32. The number of hydrogen-bond donors (Lipinski definition) is 1. The molecular formula is C15H16FNO3. The van der Waals surface area contributed by atoms with Crippen LogP contribution in [0.4, 0.5) is 4.39 Å². The monoisotopic (exact) mass is 277 g/mol. The van der Waals surface area contributed by atoms with E-state index in [4.69, 9.17) is 5.11 Å². The molecule has 1 heterocycles. The number of carbonyl (C=O) groups excluding carboxylic acids is 1. The second-order valence-electron chi connectivity index (χ2n) is 4.74. The van der Waals surface area contributed by atoms with Crippen LogP contribution in [0.1, 0.15) is 24.8 Å². The van der Waals surface area contributed by atoms with Gasteiger partial charge in [0.25, 0.3) is 0 Å². The Balaban J connectivity index is 2.10. The van der Waals surface area contributed by atoms with Crippen molar-refractivity contribution < 1.29 is 19.1 Å². The number of benzene rings is 1. The van der Waals surface area contributed by atoms with Gasteiger partial charge in [0.2, 0.25) is 5.91 Å². The Hall–Kier alpha value is -2.17. The minimum atomic E-state index is -0.989. The zero-order valence-electron chi connectivity index (χ0n) is 11.0. The third kappa shape index (κ3) is 3.23. The molecule has 1 aromatic carbocycles. The maximum Gasteiger partial charge on any atom is 0.326 e. The quantitative estimate of drug-likeness (QED) is 0.862. The number of piperidine rings is 1. The summed E-state index contributed by atoms with van der Waals surface area (Å²) in [6, 6.07) is 5.34. The zero-order valence-corrected chi connectivity index (χ0v) is 11.0. The molecule has 0 bridgehead atoms. The lowest BCUT2D eigenvalue weighted by Crippen LogP contribution is -2.47. The van der Waals surface area contributed by atoms with Gasteiger partial charge in [0, 0.05) is 18.2 Å². The van der Waals surface area contributed by atoms with E-state index < -0.39 is 17.8 Å². The highest BCUT2D eigenvalue weighted by Crippen LogP contribution is 2.18. The van der Waals surface area contributed by atoms with Gasteiger partial charge in [-0.25, -0.2) is 9.18 Å². The predicted octanol–water partition coefficient (Wildman–Crippen LogP) is 2.30. The van der Waals surface area contributed by atoms with Gasteiger partial charge in [0.05, 0.1) is 0 Å². The summed E-state index contributed by atoms with van der Waals surface area (Å²) < 4.78 is 13.4. The number of carboxylic acids is 1. The van der Waals surface area contributed by atoms with Crippen LogP contribution in [0, 0.1) is 5.82 Å². The zero-order chi connectivity index (χ0) is 14.5. The molecule has 1 amide bonds. The van der Waals surface area contributed by atoms with E-state index in [9.17, 15) is 14.0 Å². The second-order valence-corrected chi connectivity index (χ2v) is 4.74. The van der Waals surface area contributed by atoms with Gasteiger partial charge in [-0.3, -0.25) is 4.79 Å². The first-order valence-electron chi connectivity index (χ1n) is 6.55. The first kappa shape index (κ1) is 14.2. The lowest BCUT2D eigenvalue weighted by Gasteiger charge is -2.32. The standard InChI is InChI=1S/C15H16FNO3/c16-12-6-2-1-5-11(12)8-9-14(18)17-10-4-3-7-13(17)15(19)20/h1-2,5-6,8-9,13H,3-4,7,10H2,(H,19,20)/t13-/m0/s1. The molecule has 1 saturated heterocycles. The Bertz CT molecular complexity index is 542. The Morgan fingerprint density at radius 2 is 2.05 bits per heavy atom. The summed E-state index contributed by atoms with van der Waals surface area (Å²) in [6.07, 6.45) is 4.68. The van der Waals surface area contributed by atoms with Crippen LogP contribution in [-0.4, -0.2) is 34.5 Å². The third-order valence-corrected chi connectivity index (χ3v) is 3.38. The van der Waals surface area contributed by atoms with Gasteiger partial charge in [0.15, 0.2) is 0 Å². The van der Waals surface area contributed by atoms with Crippen LogP contribution < -0.4 is 0 Å². The summed E-state index contributed by atoms with van der Waals surface area (Å²) in [7, 11) is 0. The highest BCUT2D eigenvalue weighted by molar-refractivity contribution is 5.94. The largest absolute Gasteiger partial charge is 0.480 e. The number of likely N-dealkylation sites (tertiary alicyclic amines) is 1. The van der Waals surface area contributed by atoms with Gasteiger partial charge < -0.3 is 10.0 Å². The molecule has 0 aliphatic carbocycles. The number of amides is 1. The summed E-state index contributed by atoms with van der Waals surface area (Å²) in [6.45, 7) is 0.428. The van der Waals surface area contributed by atoms with Crippen LogP contribution in [0.3, 0.4) is 0 Å². The molecule has 0 unspecified atom stereocenters. The summed E-state index contributed by atoms with van der Waals surface area (Å²) in [5.41, 5.74) is 0.310. The Labute approximate surface area is 116 Å². The molecule has 5 heteroatoms. The molecule has 1 atom stereocenters. The van der Waals surface area contributed by atoms with E-state index in [1.54, 1.807) is 18.2 Å². The van der Waals surface area contributed by atoms with Gasteiger partial charge in [0.1, 0.15) is 11.9 Å². The van der Waals surface area contributed by atoms with Crippen molar-refractivity contribution in [3.8, 4) is 0 Å². The molecule has 1 fully saturated rings. The van der Waals surface area contributed by atoms with Crippen LogP contribution in [0.25, 0.3) is 6.08 Å². The summed E-state index contributed by atoms with van der Waals surface area (Å²) >= 11 is 0. The number of rotatable bonds is 3. The molecule has 1 aromatic rings. The van der Waals surface area contributed by atoms with E-state index in [1.807, 2.05) is 0 Å². The Morgan fingerprint density at radius 1 is 1.30 bits per heavy atom. The number of nitrogens with zero attached hydrogens (tertiary/aromatic N) is 1. The lowest BCUT2D eigenvalue weighted by atomic mass is 10.0. The van der Waals surface area contributed by atoms with E-state index in [1.165, 1.54) is 23.1 Å². The van der Waals surface area contributed by atoms with Crippen LogP contribution in [-0.2, 0) is 9.59 Å². The molecule has 20 heavy (non-hydrogen) atoms. The smallest absolute Gasteiger partial charge is 0.326 e. The minimum Gasteiger partial charge on any atom is -0.480 e. The van der Waals surface area contributed by atoms with Gasteiger partial charge in [-0.1, -0.05) is 18.2 Å². The van der Waals surface area contributed by atoms with Crippen molar-refractivity contribution in [1.29, 1.82) is 0 Å². The van der Waals surface area contributed by atoms with Gasteiger partial charge in [-0.2, -0.15) is 0 Å². The first-order chi connectivity index (χ1) is 9.59. The average Bonchev–Trinajstić information content (AvgIpc) is 2.46. The molecule has 4 nitrogen and oxygen atoms in total. The summed E-state index contributed by atoms with van der Waals surface area (Å²) in [5.74, 6) is -1.79. The average molecular weight is 277 g/mol. The van der Waals surface area contributed by atoms with E-state index >= 15 is 0 Å². The van der Waals surface area contributed by atoms with Crippen LogP contribution in [0.5, 0.6) is 0 Å². The fourth-order valence-electron chi connectivity index (χ4n) is 2.32. The maximum atomic E-state index is 13.4. The number of hydrogen-bond acceptors (Lipinski definition) is 2. The van der Waals surface area contributed by atoms with Crippen LogP contribution in [0.2, 0.25) is 0 Å². The van der Waals surface area contributed by atoms with E-state index in [0.29, 0.717) is 18.5 Å². The topological polar surface area (TPSA) is 57.6 Å². The lowest BCUT2D eigenvalue weighted by molar-refractivity contribution is -0.150. The minimum absolute atomic E-state index is 0.310. The van der Waals surface area contributed by atoms with Crippen LogP contribution in [0.15, 0.2) is 30.3 Å². The van der Waals surface area contributed by atoms with E-state index in [0.717, 1.165) is 12.8 Å². The van der Waals surface area contributed by atoms with E-state index in [2.05, 4.69) is 0 Å². The SMILES string of the molecule is O=C(O)[C@@H]1CCCCN1C(=O)C=Cc1ccccc1F. The molecule has 1 aliphatic heterocycles. The fraction of sp³-hybridized carbons (Fsp3) is 0.333. The van der Waals surface area contributed by atoms with Crippen molar-refractivity contribution >= 4 is 18.0 Å². The van der Waals surface area contributed by atoms with Crippen molar-refractivity contribution in [2.75, 3.05) is 6.54 Å². The molecule has 0 aromatic heterocycles. The summed E-state index contributed by atoms with van der Waals surface area (Å²) in [5, 5.41) is 9.11. The van der Waals surface area contributed by atoms with Crippen LogP contribution >= 0.6 is 0 Å². The Kier molecular flexibility index (Phi) is 4.50. The first-order valence-corrected chi connectivity index (χ1v) is 6.55. The number of aliphatic carboxylic acids is 1. The highest BCUT2D eigenvalue weighted by Gasteiger charge is 2.30. The fourth-order valence-corrected chi connectivity index (χ4v) is 2.32. The number of halogens is 1. The maximum absolute atomic E-state index is 13.4. The summed E-state index contributed by atoms with van der Waals surface area (Å²) in [4.78, 5) is 24.5. The Morgan fingerprint density at radius 3 is 2.75 bits per heavy atom. The van der Waals surface area contributed by atoms with Gasteiger partial charge >= 0.3 is 5.97 Å². The molecule has 2 rings (SSSR count). The number of carbonyl (C=O) groups is 2. The predicted molar refractivity (Wildman–Crippen MR) is 72.4 cm³/mol. The van der Waals surface area contributed by atoms with E-state index in [-0.39, 0.29) is 5.91 Å². The highest BCUT2D eigenvalue weighted by atomic mass is 19.1. The molecule has 1 aliphatic rings. The normalized spacial score (nSPS) is 19.2. The third-order valence-electron chi connectivity index (χ3n) is 3.38. The van der Waals surface area contributed by atoms with Crippen molar-refractivity contribution in [2.24, 2.45) is 0 Å². The molecule has 106 valence electrons. The van der Waals surface area contributed by atoms with Crippen molar-refractivity contribution in [3.63, 3.8) is 0 Å². The van der Waals surface area contributed by atoms with Crippen molar-refractivity contribution in [3.05, 3.63) is 41.7 Å². The van der Waals surface area contributed by atoms with Gasteiger partial charge in [-0.05, 0) is 31.4 Å². The molecular weight excluding hydrogens is 261 g/mol. The molecule has 0 radical (unpaired) electrons. The van der Waals surface area contributed by atoms with Gasteiger partial charge in [-0.15, -0.1) is 0 Å². The van der Waals surface area contributed by atoms with Crippen molar-refractivity contribution in [2.45, 2.75) is 25.3 Å². The van der Waals surface area contributed by atoms with Crippen molar-refractivity contribution in [1.82, 2.24) is 4.90 Å². The molecule has 1 N–H and O–H groups in total. The molecule has 0 saturated carbocycles. The molecule has 0 spiro atoms.